The van der Waals surface area contributed by atoms with Gasteiger partial charge in [0.15, 0.2) is 0 Å². The van der Waals surface area contributed by atoms with Crippen LogP contribution in [0.5, 0.6) is 5.75 Å². The fourth-order valence-electron chi connectivity index (χ4n) is 0.968. The van der Waals surface area contributed by atoms with Crippen LogP contribution in [-0.4, -0.2) is 18.3 Å². The molecule has 0 saturated carbocycles. The van der Waals surface area contributed by atoms with Gasteiger partial charge in [-0.2, -0.15) is 0 Å². The summed E-state index contributed by atoms with van der Waals surface area (Å²) in [5.41, 5.74) is 1.11. The first kappa shape index (κ1) is 11.2. The molecule has 0 aromatic heterocycles. The molecule has 0 aliphatic carbocycles. The monoisotopic (exact) mass is 227 g/mol. The van der Waals surface area contributed by atoms with E-state index in [4.69, 9.17) is 16.3 Å². The van der Waals surface area contributed by atoms with Crippen LogP contribution in [0.2, 0.25) is 5.02 Å². The maximum Gasteiger partial charge on any atom is 0.138 e. The molecule has 0 atom stereocenters. The topological polar surface area (TPSA) is 21.6 Å². The molecule has 0 fully saturated rings. The van der Waals surface area contributed by atoms with Gasteiger partial charge < -0.3 is 4.74 Å². The summed E-state index contributed by atoms with van der Waals surface area (Å²) >= 11 is 10.3. The van der Waals surface area contributed by atoms with Gasteiger partial charge in [0.25, 0.3) is 0 Å². The fraction of sp³-hybridized carbons (Fsp3) is 0.300. The highest BCUT2D eigenvalue weighted by Crippen LogP contribution is 2.24. The molecule has 1 aromatic carbocycles. The van der Waals surface area contributed by atoms with Crippen LogP contribution in [0.25, 0.3) is 0 Å². The molecule has 0 aliphatic heterocycles. The molecule has 0 amide bonds. The van der Waals surface area contributed by atoms with Gasteiger partial charge in [-0.3, -0.25) is 0 Å². The van der Waals surface area contributed by atoms with Crippen molar-refractivity contribution in [1.29, 1.82) is 0 Å². The van der Waals surface area contributed by atoms with Crippen molar-refractivity contribution in [2.45, 2.75) is 6.92 Å². The molecule has 0 saturated heterocycles. The predicted octanol–water partition coefficient (Wildman–Crippen LogP) is 3.13. The first-order chi connectivity index (χ1) is 6.74. The Morgan fingerprint density at radius 1 is 1.57 bits per heavy atom. The molecular formula is C10H10ClNOS. The van der Waals surface area contributed by atoms with E-state index >= 15 is 0 Å². The van der Waals surface area contributed by atoms with Gasteiger partial charge in [0.05, 0.1) is 16.7 Å². The van der Waals surface area contributed by atoms with Crippen LogP contribution in [-0.2, 0) is 0 Å². The molecule has 0 spiro atoms. The highest BCUT2D eigenvalue weighted by molar-refractivity contribution is 7.78. The number of hydrogen-bond donors (Lipinski definition) is 0. The van der Waals surface area contributed by atoms with E-state index in [2.05, 4.69) is 22.4 Å². The molecule has 14 heavy (non-hydrogen) atoms. The van der Waals surface area contributed by atoms with E-state index in [0.717, 1.165) is 5.56 Å². The number of benzene rings is 1. The van der Waals surface area contributed by atoms with Crippen molar-refractivity contribution in [2.75, 3.05) is 13.2 Å². The number of aliphatic imine (C=N–C) groups is 1. The molecule has 0 heterocycles. The molecular weight excluding hydrogens is 218 g/mol. The van der Waals surface area contributed by atoms with Crippen LogP contribution in [0.4, 0.5) is 0 Å². The van der Waals surface area contributed by atoms with Crippen LogP contribution >= 0.6 is 23.8 Å². The maximum atomic E-state index is 5.92. The molecule has 1 rings (SSSR count). The Morgan fingerprint density at radius 3 is 3.07 bits per heavy atom. The zero-order valence-corrected chi connectivity index (χ0v) is 9.36. The van der Waals surface area contributed by atoms with Gasteiger partial charge in [-0.15, -0.1) is 0 Å². The Labute approximate surface area is 93.6 Å². The summed E-state index contributed by atoms with van der Waals surface area (Å²) in [5, 5.41) is 2.89. The SMILES string of the molecule is Cc1ccc(Cl)c(OCCN=C=S)c1. The van der Waals surface area contributed by atoms with Crippen molar-refractivity contribution in [3.05, 3.63) is 28.8 Å². The zero-order valence-electron chi connectivity index (χ0n) is 7.79. The average Bonchev–Trinajstić information content (AvgIpc) is 2.18. The molecule has 1 aromatic rings. The lowest BCUT2D eigenvalue weighted by Gasteiger charge is -2.06. The second-order valence-electron chi connectivity index (χ2n) is 2.76. The molecule has 0 N–H and O–H groups in total. The van der Waals surface area contributed by atoms with Gasteiger partial charge in [0, 0.05) is 0 Å². The second kappa shape index (κ2) is 5.76. The first-order valence-corrected chi connectivity index (χ1v) is 4.95. The minimum Gasteiger partial charge on any atom is -0.490 e. The molecule has 0 aliphatic rings. The lowest BCUT2D eigenvalue weighted by atomic mass is 10.2. The summed E-state index contributed by atoms with van der Waals surface area (Å²) < 4.78 is 5.41. The van der Waals surface area contributed by atoms with Gasteiger partial charge in [0.1, 0.15) is 12.4 Å². The number of hydrogen-bond acceptors (Lipinski definition) is 3. The molecule has 74 valence electrons. The highest BCUT2D eigenvalue weighted by Gasteiger charge is 2.00. The van der Waals surface area contributed by atoms with E-state index in [1.54, 1.807) is 0 Å². The summed E-state index contributed by atoms with van der Waals surface area (Å²) in [6, 6.07) is 5.64. The molecule has 2 nitrogen and oxygen atoms in total. The van der Waals surface area contributed by atoms with E-state index in [1.807, 2.05) is 25.1 Å². The smallest absolute Gasteiger partial charge is 0.138 e. The average molecular weight is 228 g/mol. The third kappa shape index (κ3) is 3.46. The number of nitrogens with zero attached hydrogens (tertiary/aromatic N) is 1. The lowest BCUT2D eigenvalue weighted by molar-refractivity contribution is 0.329. The normalized spacial score (nSPS) is 9.29. The summed E-state index contributed by atoms with van der Waals surface area (Å²) in [7, 11) is 0. The van der Waals surface area contributed by atoms with Crippen LogP contribution in [0.1, 0.15) is 5.56 Å². The Kier molecular flexibility index (Phi) is 4.60. The van der Waals surface area contributed by atoms with E-state index in [9.17, 15) is 0 Å². The van der Waals surface area contributed by atoms with E-state index in [0.29, 0.717) is 23.9 Å². The van der Waals surface area contributed by atoms with Gasteiger partial charge >= 0.3 is 0 Å². The number of isothiocyanates is 1. The molecule has 4 heteroatoms. The van der Waals surface area contributed by atoms with Crippen molar-refractivity contribution in [2.24, 2.45) is 4.99 Å². The number of halogens is 1. The summed E-state index contributed by atoms with van der Waals surface area (Å²) in [6.45, 7) is 2.96. The number of aryl methyl sites for hydroxylation is 1. The Morgan fingerprint density at radius 2 is 2.36 bits per heavy atom. The van der Waals surface area contributed by atoms with Crippen molar-refractivity contribution in [3.8, 4) is 5.75 Å². The van der Waals surface area contributed by atoms with E-state index in [1.165, 1.54) is 0 Å². The zero-order chi connectivity index (χ0) is 10.4. The van der Waals surface area contributed by atoms with Gasteiger partial charge in [0.2, 0.25) is 0 Å². The third-order valence-electron chi connectivity index (χ3n) is 1.61. The van der Waals surface area contributed by atoms with Gasteiger partial charge in [-0.25, -0.2) is 4.99 Å². The third-order valence-corrected chi connectivity index (χ3v) is 2.05. The minimum absolute atomic E-state index is 0.465. The van der Waals surface area contributed by atoms with Crippen LogP contribution in [0.3, 0.4) is 0 Å². The maximum absolute atomic E-state index is 5.92. The minimum atomic E-state index is 0.465. The van der Waals surface area contributed by atoms with Crippen LogP contribution in [0, 0.1) is 6.92 Å². The summed E-state index contributed by atoms with van der Waals surface area (Å²) in [4.78, 5) is 3.74. The number of thiocarbonyl (C=S) groups is 1. The van der Waals surface area contributed by atoms with Crippen molar-refractivity contribution in [1.82, 2.24) is 0 Å². The van der Waals surface area contributed by atoms with Crippen molar-refractivity contribution < 1.29 is 4.74 Å². The van der Waals surface area contributed by atoms with Gasteiger partial charge in [-0.1, -0.05) is 17.7 Å². The Balaban J connectivity index is 2.57. The standard InChI is InChI=1S/C10H10ClNOS/c1-8-2-3-9(11)10(6-8)13-5-4-12-7-14/h2-3,6H,4-5H2,1H3. The number of rotatable bonds is 4. The van der Waals surface area contributed by atoms with E-state index < -0.39 is 0 Å². The molecule has 0 bridgehead atoms. The predicted molar refractivity (Wildman–Crippen MR) is 61.6 cm³/mol. The Hall–Kier alpha value is -0.890. The highest BCUT2D eigenvalue weighted by atomic mass is 35.5. The fourth-order valence-corrected chi connectivity index (χ4v) is 1.23. The van der Waals surface area contributed by atoms with Gasteiger partial charge in [-0.05, 0) is 36.8 Å². The lowest BCUT2D eigenvalue weighted by Crippen LogP contribution is -2.01. The summed E-state index contributed by atoms with van der Waals surface area (Å²) in [6.07, 6.45) is 0. The second-order valence-corrected chi connectivity index (χ2v) is 3.35. The molecule has 0 unspecified atom stereocenters. The van der Waals surface area contributed by atoms with E-state index in [-0.39, 0.29) is 0 Å². The van der Waals surface area contributed by atoms with Crippen molar-refractivity contribution >= 4 is 29.0 Å². The van der Waals surface area contributed by atoms with Crippen molar-refractivity contribution in [3.63, 3.8) is 0 Å². The van der Waals surface area contributed by atoms with Crippen LogP contribution in [0.15, 0.2) is 23.2 Å². The Bertz CT molecular complexity index is 361. The summed E-state index contributed by atoms with van der Waals surface area (Å²) in [5.74, 6) is 0.686. The quantitative estimate of drug-likeness (QED) is 0.448. The first-order valence-electron chi connectivity index (χ1n) is 4.16. The van der Waals surface area contributed by atoms with Crippen LogP contribution < -0.4 is 4.74 Å². The molecule has 0 radical (unpaired) electrons. The largest absolute Gasteiger partial charge is 0.490 e. The number of ether oxygens (including phenoxy) is 1.